The molecule has 0 spiro atoms. The van der Waals surface area contributed by atoms with E-state index in [1.165, 1.54) is 6.08 Å². The first-order valence-electron chi connectivity index (χ1n) is 4.58. The van der Waals surface area contributed by atoms with Gasteiger partial charge in [-0.25, -0.2) is 4.98 Å². The lowest BCUT2D eigenvalue weighted by atomic mass is 10.2. The molecule has 1 aromatic rings. The van der Waals surface area contributed by atoms with Gasteiger partial charge in [0.25, 0.3) is 0 Å². The van der Waals surface area contributed by atoms with Crippen LogP contribution in [0.3, 0.4) is 0 Å². The summed E-state index contributed by atoms with van der Waals surface area (Å²) in [4.78, 5) is 9.42. The summed E-state index contributed by atoms with van der Waals surface area (Å²) in [6.45, 7) is 4.19. The smallest absolute Gasteiger partial charge is 0.207 e. The zero-order valence-electron chi connectivity index (χ0n) is 8.89. The molecule has 0 saturated heterocycles. The third kappa shape index (κ3) is 3.37. The number of nitrogens with zero attached hydrogens (tertiary/aromatic N) is 4. The van der Waals surface area contributed by atoms with Crippen molar-refractivity contribution < 1.29 is 0 Å². The molecule has 1 aromatic heterocycles. The predicted octanol–water partition coefficient (Wildman–Crippen LogP) is 2.23. The first kappa shape index (κ1) is 12.2. The van der Waals surface area contributed by atoms with Crippen molar-refractivity contribution in [3.8, 4) is 6.19 Å². The second-order valence-electron chi connectivity index (χ2n) is 3.12. The monoisotopic (exact) mass is 234 g/mol. The molecule has 0 unspecified atom stereocenters. The van der Waals surface area contributed by atoms with Gasteiger partial charge in [-0.05, 0) is 17.7 Å². The fourth-order valence-electron chi connectivity index (χ4n) is 1.19. The highest BCUT2D eigenvalue weighted by Crippen LogP contribution is 2.07. The van der Waals surface area contributed by atoms with E-state index in [0.717, 1.165) is 5.56 Å². The topological polar surface area (TPSA) is 52.3 Å². The quantitative estimate of drug-likeness (QED) is 0.349. The Morgan fingerprint density at radius 2 is 2.50 bits per heavy atom. The molecule has 0 atom stereocenters. The molecule has 1 heterocycles. The third-order valence-corrected chi connectivity index (χ3v) is 2.17. The molecule has 16 heavy (non-hydrogen) atoms. The molecule has 0 fully saturated rings. The Bertz CT molecular complexity index is 430. The van der Waals surface area contributed by atoms with Crippen molar-refractivity contribution in [1.82, 2.24) is 9.88 Å². The van der Waals surface area contributed by atoms with Crippen LogP contribution < -0.4 is 0 Å². The average molecular weight is 235 g/mol. The van der Waals surface area contributed by atoms with Gasteiger partial charge >= 0.3 is 0 Å². The number of rotatable bonds is 3. The van der Waals surface area contributed by atoms with Gasteiger partial charge < -0.3 is 4.90 Å². The van der Waals surface area contributed by atoms with Crippen molar-refractivity contribution >= 4 is 17.4 Å². The molecule has 0 aromatic carbocycles. The molecule has 0 bridgehead atoms. The molecule has 0 aliphatic heterocycles. The van der Waals surface area contributed by atoms with Crippen LogP contribution in [0.1, 0.15) is 5.56 Å². The minimum Gasteiger partial charge on any atom is -0.355 e. The van der Waals surface area contributed by atoms with Crippen LogP contribution in [0.5, 0.6) is 0 Å². The maximum atomic E-state index is 8.48. The zero-order chi connectivity index (χ0) is 12.0. The van der Waals surface area contributed by atoms with Crippen LogP contribution in [0.15, 0.2) is 36.0 Å². The number of halogens is 1. The molecule has 4 nitrogen and oxygen atoms in total. The van der Waals surface area contributed by atoms with Gasteiger partial charge in [0.05, 0.1) is 0 Å². The minimum atomic E-state index is 0.459. The van der Waals surface area contributed by atoms with Gasteiger partial charge in [-0.15, -0.1) is 0 Å². The molecule has 0 aliphatic carbocycles. The number of aliphatic imine (C=N–C) groups is 1. The fraction of sp³-hybridized carbons (Fsp3) is 0.182. The summed E-state index contributed by atoms with van der Waals surface area (Å²) in [5, 5.41) is 8.94. The van der Waals surface area contributed by atoms with Crippen LogP contribution in [0.4, 0.5) is 0 Å². The van der Waals surface area contributed by atoms with Gasteiger partial charge in [-0.3, -0.25) is 0 Å². The summed E-state index contributed by atoms with van der Waals surface area (Å²) in [5.41, 5.74) is 0.986. The molecule has 82 valence electrons. The van der Waals surface area contributed by atoms with Crippen molar-refractivity contribution in [3.05, 3.63) is 41.7 Å². The van der Waals surface area contributed by atoms with Crippen LogP contribution in [-0.2, 0) is 6.54 Å². The summed E-state index contributed by atoms with van der Waals surface area (Å²) in [6, 6.07) is 3.60. The second-order valence-corrected chi connectivity index (χ2v) is 3.51. The van der Waals surface area contributed by atoms with E-state index in [9.17, 15) is 0 Å². The lowest BCUT2D eigenvalue weighted by molar-refractivity contribution is 0.503. The van der Waals surface area contributed by atoms with Gasteiger partial charge in [-0.1, -0.05) is 24.2 Å². The summed E-state index contributed by atoms with van der Waals surface area (Å²) in [5.74, 6) is 0.525. The van der Waals surface area contributed by atoms with E-state index < -0.39 is 0 Å². The number of hydrogen-bond donors (Lipinski definition) is 0. The van der Waals surface area contributed by atoms with E-state index in [1.54, 1.807) is 23.4 Å². The van der Waals surface area contributed by atoms with Crippen LogP contribution in [0.2, 0.25) is 5.15 Å². The molecule has 5 heteroatoms. The highest BCUT2D eigenvalue weighted by atomic mass is 35.5. The Balaban J connectivity index is 2.74. The number of amidine groups is 1. The van der Waals surface area contributed by atoms with Crippen molar-refractivity contribution in [2.75, 3.05) is 7.05 Å². The van der Waals surface area contributed by atoms with Crippen LogP contribution in [0, 0.1) is 11.5 Å². The van der Waals surface area contributed by atoms with Crippen LogP contribution >= 0.6 is 11.6 Å². The van der Waals surface area contributed by atoms with Gasteiger partial charge in [0.2, 0.25) is 6.19 Å². The third-order valence-electron chi connectivity index (χ3n) is 1.95. The number of likely N-dealkylation sites (N-methyl/N-ethyl adjacent to an activating group) is 1. The number of hydrogen-bond acceptors (Lipinski definition) is 3. The Morgan fingerprint density at radius 3 is 3.00 bits per heavy atom. The highest BCUT2D eigenvalue weighted by molar-refractivity contribution is 6.29. The van der Waals surface area contributed by atoms with Crippen molar-refractivity contribution in [2.24, 2.45) is 4.99 Å². The minimum absolute atomic E-state index is 0.459. The van der Waals surface area contributed by atoms with Gasteiger partial charge in [0.15, 0.2) is 0 Å². The Labute approximate surface area is 99.5 Å². The van der Waals surface area contributed by atoms with Crippen molar-refractivity contribution in [1.29, 1.82) is 5.26 Å². The molecule has 0 aliphatic rings. The fourth-order valence-corrected chi connectivity index (χ4v) is 1.30. The lowest BCUT2D eigenvalue weighted by Gasteiger charge is -2.17. The van der Waals surface area contributed by atoms with E-state index in [1.807, 2.05) is 13.1 Å². The van der Waals surface area contributed by atoms with Gasteiger partial charge in [-0.2, -0.15) is 10.3 Å². The first-order chi connectivity index (χ1) is 7.67. The SMILES string of the molecule is C=CC(=NC#N)N(C)Cc1ccc(Cl)nc1. The molecular formula is C11H11ClN4. The Morgan fingerprint density at radius 1 is 1.75 bits per heavy atom. The van der Waals surface area contributed by atoms with Gasteiger partial charge in [0.1, 0.15) is 11.0 Å². The molecule has 0 radical (unpaired) electrons. The number of pyridine rings is 1. The summed E-state index contributed by atoms with van der Waals surface area (Å²) in [6.07, 6.45) is 4.95. The summed E-state index contributed by atoms with van der Waals surface area (Å²) < 4.78 is 0. The van der Waals surface area contributed by atoms with E-state index in [4.69, 9.17) is 16.9 Å². The Kier molecular flexibility index (Phi) is 4.49. The molecule has 1 rings (SSSR count). The first-order valence-corrected chi connectivity index (χ1v) is 4.96. The second kappa shape index (κ2) is 5.89. The molecular weight excluding hydrogens is 224 g/mol. The molecule has 0 N–H and O–H groups in total. The summed E-state index contributed by atoms with van der Waals surface area (Å²) >= 11 is 5.68. The largest absolute Gasteiger partial charge is 0.355 e. The average Bonchev–Trinajstić information content (AvgIpc) is 2.29. The predicted molar refractivity (Wildman–Crippen MR) is 64.0 cm³/mol. The van der Waals surface area contributed by atoms with Gasteiger partial charge in [0, 0.05) is 19.8 Å². The highest BCUT2D eigenvalue weighted by Gasteiger charge is 2.04. The maximum absolute atomic E-state index is 8.48. The standard InChI is InChI=1S/C11H11ClN4/c1-3-11(15-8-13)16(2)7-9-4-5-10(12)14-6-9/h3-6H,1,7H2,2H3. The Hall–Kier alpha value is -1.86. The lowest BCUT2D eigenvalue weighted by Crippen LogP contribution is -2.24. The maximum Gasteiger partial charge on any atom is 0.207 e. The zero-order valence-corrected chi connectivity index (χ0v) is 9.65. The van der Waals surface area contributed by atoms with Crippen LogP contribution in [0.25, 0.3) is 0 Å². The molecule has 0 amide bonds. The molecule has 0 saturated carbocycles. The van der Waals surface area contributed by atoms with Crippen LogP contribution in [-0.4, -0.2) is 22.8 Å². The van der Waals surface area contributed by atoms with E-state index in [2.05, 4.69) is 16.6 Å². The normalized spacial score (nSPS) is 10.7. The number of nitriles is 1. The van der Waals surface area contributed by atoms with E-state index >= 15 is 0 Å². The van der Waals surface area contributed by atoms with Crippen molar-refractivity contribution in [2.45, 2.75) is 6.54 Å². The van der Waals surface area contributed by atoms with E-state index in [-0.39, 0.29) is 0 Å². The number of aromatic nitrogens is 1. The van der Waals surface area contributed by atoms with E-state index in [0.29, 0.717) is 17.5 Å². The summed E-state index contributed by atoms with van der Waals surface area (Å²) in [7, 11) is 1.83. The van der Waals surface area contributed by atoms with Crippen molar-refractivity contribution in [3.63, 3.8) is 0 Å².